The average molecular weight is 265 g/mol. The highest BCUT2D eigenvalue weighted by atomic mass is 16.2. The third-order valence-electron chi connectivity index (χ3n) is 5.48. The molecule has 2 heterocycles. The van der Waals surface area contributed by atoms with Gasteiger partial charge in [-0.3, -0.25) is 4.79 Å². The first-order chi connectivity index (χ1) is 9.19. The van der Waals surface area contributed by atoms with Gasteiger partial charge in [-0.1, -0.05) is 19.3 Å². The van der Waals surface area contributed by atoms with Gasteiger partial charge in [0.05, 0.1) is 5.54 Å². The highest BCUT2D eigenvalue weighted by Gasteiger charge is 2.40. The number of hydrogen-bond acceptors (Lipinski definition) is 3. The molecule has 3 fully saturated rings. The third kappa shape index (κ3) is 2.65. The Kier molecular flexibility index (Phi) is 3.81. The van der Waals surface area contributed by atoms with E-state index in [4.69, 9.17) is 5.73 Å². The molecule has 0 bridgehead atoms. The van der Waals surface area contributed by atoms with E-state index in [-0.39, 0.29) is 5.91 Å². The summed E-state index contributed by atoms with van der Waals surface area (Å²) in [6, 6.07) is 0. The van der Waals surface area contributed by atoms with Crippen molar-refractivity contribution in [2.45, 2.75) is 50.5 Å². The average Bonchev–Trinajstić information content (AvgIpc) is 2.78. The van der Waals surface area contributed by atoms with Crippen molar-refractivity contribution in [3.63, 3.8) is 0 Å². The van der Waals surface area contributed by atoms with Gasteiger partial charge in [0.2, 0.25) is 5.91 Å². The Balaban J connectivity index is 1.63. The first kappa shape index (κ1) is 13.4. The van der Waals surface area contributed by atoms with Gasteiger partial charge in [-0.15, -0.1) is 0 Å². The molecule has 0 aromatic carbocycles. The largest absolute Gasteiger partial charge is 0.341 e. The van der Waals surface area contributed by atoms with Crippen LogP contribution in [0.1, 0.15) is 44.9 Å². The van der Waals surface area contributed by atoms with Crippen LogP contribution in [0.3, 0.4) is 0 Å². The Hall–Kier alpha value is -0.610. The lowest BCUT2D eigenvalue weighted by Gasteiger charge is -2.36. The number of amides is 1. The molecular weight excluding hydrogens is 238 g/mol. The van der Waals surface area contributed by atoms with Crippen molar-refractivity contribution in [1.82, 2.24) is 10.2 Å². The molecule has 108 valence electrons. The van der Waals surface area contributed by atoms with Crippen LogP contribution in [0.4, 0.5) is 0 Å². The van der Waals surface area contributed by atoms with E-state index < -0.39 is 5.54 Å². The zero-order chi connectivity index (χ0) is 13.3. The Bertz CT molecular complexity index is 324. The second kappa shape index (κ2) is 5.41. The van der Waals surface area contributed by atoms with E-state index in [0.717, 1.165) is 76.5 Å². The number of nitrogens with zero attached hydrogens (tertiary/aromatic N) is 1. The lowest BCUT2D eigenvalue weighted by Crippen LogP contribution is -2.56. The molecule has 3 N–H and O–H groups in total. The first-order valence-corrected chi connectivity index (χ1v) is 7.98. The number of likely N-dealkylation sites (tertiary alicyclic amines) is 1. The number of nitrogens with two attached hydrogens (primary N) is 1. The van der Waals surface area contributed by atoms with Crippen molar-refractivity contribution in [1.29, 1.82) is 0 Å². The molecular formula is C15H27N3O. The van der Waals surface area contributed by atoms with Gasteiger partial charge >= 0.3 is 0 Å². The van der Waals surface area contributed by atoms with Crippen molar-refractivity contribution in [3.05, 3.63) is 0 Å². The molecule has 0 radical (unpaired) electrons. The third-order valence-corrected chi connectivity index (χ3v) is 5.48. The van der Waals surface area contributed by atoms with E-state index in [0.29, 0.717) is 0 Å². The van der Waals surface area contributed by atoms with E-state index >= 15 is 0 Å². The zero-order valence-electron chi connectivity index (χ0n) is 11.9. The molecule has 1 saturated carbocycles. The summed E-state index contributed by atoms with van der Waals surface area (Å²) in [5.41, 5.74) is 5.85. The van der Waals surface area contributed by atoms with Crippen LogP contribution in [0.25, 0.3) is 0 Å². The quantitative estimate of drug-likeness (QED) is 0.746. The number of nitrogens with one attached hydrogen (secondary N) is 1. The number of rotatable bonds is 1. The number of hydrogen-bond donors (Lipinski definition) is 2. The number of carbonyl (C=O) groups is 1. The summed E-state index contributed by atoms with van der Waals surface area (Å²) >= 11 is 0. The number of fused-ring (bicyclic) bond motifs is 1. The molecule has 3 rings (SSSR count). The van der Waals surface area contributed by atoms with Crippen molar-refractivity contribution in [2.24, 2.45) is 17.6 Å². The Morgan fingerprint density at radius 3 is 2.21 bits per heavy atom. The molecule has 1 aliphatic carbocycles. The van der Waals surface area contributed by atoms with Crippen molar-refractivity contribution >= 4 is 5.91 Å². The van der Waals surface area contributed by atoms with Crippen LogP contribution in [-0.2, 0) is 4.79 Å². The van der Waals surface area contributed by atoms with Crippen LogP contribution in [0.2, 0.25) is 0 Å². The summed E-state index contributed by atoms with van der Waals surface area (Å²) in [4.78, 5) is 14.8. The topological polar surface area (TPSA) is 58.4 Å². The lowest BCUT2D eigenvalue weighted by atomic mass is 9.81. The molecule has 0 unspecified atom stereocenters. The predicted octanol–water partition coefficient (Wildman–Crippen LogP) is 1.11. The molecule has 4 nitrogen and oxygen atoms in total. The van der Waals surface area contributed by atoms with Crippen LogP contribution >= 0.6 is 0 Å². The smallest absolute Gasteiger partial charge is 0.242 e. The fourth-order valence-corrected chi connectivity index (χ4v) is 4.13. The van der Waals surface area contributed by atoms with Gasteiger partial charge in [-0.25, -0.2) is 0 Å². The highest BCUT2D eigenvalue weighted by molar-refractivity contribution is 5.86. The monoisotopic (exact) mass is 265 g/mol. The molecule has 2 saturated heterocycles. The Morgan fingerprint density at radius 2 is 1.63 bits per heavy atom. The molecule has 0 aromatic heterocycles. The lowest BCUT2D eigenvalue weighted by molar-refractivity contribution is -0.138. The van der Waals surface area contributed by atoms with Crippen molar-refractivity contribution in [2.75, 3.05) is 26.2 Å². The molecule has 19 heavy (non-hydrogen) atoms. The van der Waals surface area contributed by atoms with Gasteiger partial charge in [0.25, 0.3) is 0 Å². The fraction of sp³-hybridized carbons (Fsp3) is 0.933. The summed E-state index contributed by atoms with van der Waals surface area (Å²) < 4.78 is 0. The zero-order valence-corrected chi connectivity index (χ0v) is 11.9. The maximum atomic E-state index is 12.7. The minimum atomic E-state index is -0.546. The SMILES string of the molecule is NC1(C(=O)N2CC[C@@H]3CNC[C@@H]3CC2)CCCCC1. The van der Waals surface area contributed by atoms with Crippen molar-refractivity contribution < 1.29 is 4.79 Å². The fourth-order valence-electron chi connectivity index (χ4n) is 4.13. The van der Waals surface area contributed by atoms with E-state index in [1.54, 1.807) is 0 Å². The Morgan fingerprint density at radius 1 is 1.05 bits per heavy atom. The van der Waals surface area contributed by atoms with Gasteiger partial charge < -0.3 is 16.0 Å². The van der Waals surface area contributed by atoms with E-state index in [9.17, 15) is 4.79 Å². The summed E-state index contributed by atoms with van der Waals surface area (Å²) in [6.07, 6.45) is 7.55. The molecule has 4 heteroatoms. The predicted molar refractivity (Wildman–Crippen MR) is 75.7 cm³/mol. The minimum Gasteiger partial charge on any atom is -0.341 e. The van der Waals surface area contributed by atoms with Gasteiger partial charge in [-0.2, -0.15) is 0 Å². The van der Waals surface area contributed by atoms with Gasteiger partial charge in [0.1, 0.15) is 0 Å². The van der Waals surface area contributed by atoms with Crippen molar-refractivity contribution in [3.8, 4) is 0 Å². The normalized spacial score (nSPS) is 34.7. The molecule has 2 aliphatic heterocycles. The first-order valence-electron chi connectivity index (χ1n) is 7.98. The molecule has 3 aliphatic rings. The van der Waals surface area contributed by atoms with Gasteiger partial charge in [0.15, 0.2) is 0 Å². The molecule has 0 aromatic rings. The second-order valence-corrected chi connectivity index (χ2v) is 6.76. The van der Waals surface area contributed by atoms with E-state index in [1.165, 1.54) is 6.42 Å². The maximum Gasteiger partial charge on any atom is 0.242 e. The summed E-state index contributed by atoms with van der Waals surface area (Å²) in [5, 5.41) is 3.48. The number of carbonyl (C=O) groups excluding carboxylic acids is 1. The standard InChI is InChI=1S/C15H27N3O/c16-15(6-2-1-3-7-15)14(19)18-8-4-12-10-17-11-13(12)5-9-18/h12-13,17H,1-11,16H2/t12-,13+. The summed E-state index contributed by atoms with van der Waals surface area (Å²) in [7, 11) is 0. The van der Waals surface area contributed by atoms with Gasteiger partial charge in [0, 0.05) is 13.1 Å². The van der Waals surface area contributed by atoms with Crippen LogP contribution in [0.5, 0.6) is 0 Å². The van der Waals surface area contributed by atoms with E-state index in [1.807, 2.05) is 0 Å². The minimum absolute atomic E-state index is 0.236. The molecule has 0 spiro atoms. The molecule has 2 atom stereocenters. The van der Waals surface area contributed by atoms with E-state index in [2.05, 4.69) is 10.2 Å². The second-order valence-electron chi connectivity index (χ2n) is 6.76. The van der Waals surface area contributed by atoms with Gasteiger partial charge in [-0.05, 0) is 50.6 Å². The maximum absolute atomic E-state index is 12.7. The Labute approximate surface area is 116 Å². The molecule has 1 amide bonds. The summed E-state index contributed by atoms with van der Waals surface area (Å²) in [5.74, 6) is 1.79. The highest BCUT2D eigenvalue weighted by Crippen LogP contribution is 2.31. The van der Waals surface area contributed by atoms with Crippen LogP contribution in [0.15, 0.2) is 0 Å². The van der Waals surface area contributed by atoms with Crippen LogP contribution < -0.4 is 11.1 Å². The van der Waals surface area contributed by atoms with Crippen LogP contribution in [-0.4, -0.2) is 42.5 Å². The summed E-state index contributed by atoms with van der Waals surface area (Å²) in [6.45, 7) is 4.11. The van der Waals surface area contributed by atoms with Crippen LogP contribution in [0, 0.1) is 11.8 Å².